The summed E-state index contributed by atoms with van der Waals surface area (Å²) in [7, 11) is 0. The van der Waals surface area contributed by atoms with Gasteiger partial charge in [0.1, 0.15) is 0 Å². The summed E-state index contributed by atoms with van der Waals surface area (Å²) in [5.74, 6) is 0. The van der Waals surface area contributed by atoms with Crippen LogP contribution in [0, 0.1) is 34.6 Å². The Morgan fingerprint density at radius 3 is 1.91 bits per heavy atom. The summed E-state index contributed by atoms with van der Waals surface area (Å²) in [4.78, 5) is 6.17. The van der Waals surface area contributed by atoms with Crippen LogP contribution in [0.5, 0.6) is 0 Å². The Morgan fingerprint density at radius 2 is 1.39 bits per heavy atom. The van der Waals surface area contributed by atoms with Gasteiger partial charge < -0.3 is 0 Å². The maximum absolute atomic E-state index is 4.80. The minimum atomic E-state index is -0.0561. The van der Waals surface area contributed by atoms with Crippen molar-refractivity contribution in [3.63, 3.8) is 0 Å². The van der Waals surface area contributed by atoms with Crippen molar-refractivity contribution in [2.75, 3.05) is 0 Å². The standard InChI is InChI=1S/C21H27NS/c1-14-11-17(4)20(18(5)12-14)23-21(6,7)13-22-19-15(2)9-8-10-16(19)3/h8-13H,1-7H3. The minimum absolute atomic E-state index is 0.0561. The topological polar surface area (TPSA) is 12.4 Å². The molecule has 0 saturated carbocycles. The summed E-state index contributed by atoms with van der Waals surface area (Å²) in [6, 6.07) is 10.8. The molecule has 2 heteroatoms. The van der Waals surface area contributed by atoms with Gasteiger partial charge in [-0.25, -0.2) is 0 Å². The third-order valence-corrected chi connectivity index (χ3v) is 5.39. The molecule has 0 aliphatic rings. The van der Waals surface area contributed by atoms with Crippen LogP contribution in [-0.4, -0.2) is 11.0 Å². The van der Waals surface area contributed by atoms with Crippen LogP contribution in [0.3, 0.4) is 0 Å². The molecule has 2 aromatic rings. The van der Waals surface area contributed by atoms with Gasteiger partial charge in [-0.05, 0) is 70.7 Å². The van der Waals surface area contributed by atoms with Gasteiger partial charge in [-0.1, -0.05) is 35.9 Å². The molecule has 2 rings (SSSR count). The molecule has 0 aromatic heterocycles. The van der Waals surface area contributed by atoms with E-state index in [1.54, 1.807) is 0 Å². The highest BCUT2D eigenvalue weighted by Gasteiger charge is 2.19. The second kappa shape index (κ2) is 6.92. The largest absolute Gasteiger partial charge is 0.259 e. The lowest BCUT2D eigenvalue weighted by Crippen LogP contribution is -2.16. The van der Waals surface area contributed by atoms with Crippen molar-refractivity contribution in [3.8, 4) is 0 Å². The molecule has 0 bridgehead atoms. The Kier molecular flexibility index (Phi) is 5.36. The predicted octanol–water partition coefficient (Wildman–Crippen LogP) is 6.50. The van der Waals surface area contributed by atoms with E-state index in [9.17, 15) is 0 Å². The molecule has 0 aliphatic carbocycles. The summed E-state index contributed by atoms with van der Waals surface area (Å²) in [6.07, 6.45) is 2.09. The van der Waals surface area contributed by atoms with Gasteiger partial charge in [-0.15, -0.1) is 11.8 Å². The highest BCUT2D eigenvalue weighted by Crippen LogP contribution is 2.37. The number of aryl methyl sites for hydroxylation is 5. The summed E-state index contributed by atoms with van der Waals surface area (Å²) in [5.41, 5.74) is 7.57. The molecule has 0 saturated heterocycles. The Hall–Kier alpha value is -1.54. The van der Waals surface area contributed by atoms with E-state index in [1.165, 1.54) is 32.7 Å². The molecule has 0 radical (unpaired) electrons. The van der Waals surface area contributed by atoms with E-state index >= 15 is 0 Å². The molecule has 0 spiro atoms. The Morgan fingerprint density at radius 1 is 0.870 bits per heavy atom. The van der Waals surface area contributed by atoms with Gasteiger partial charge in [0.15, 0.2) is 0 Å². The molecule has 0 N–H and O–H groups in total. The number of benzene rings is 2. The van der Waals surface area contributed by atoms with Gasteiger partial charge in [0.25, 0.3) is 0 Å². The fourth-order valence-corrected chi connectivity index (χ4v) is 3.92. The van der Waals surface area contributed by atoms with Gasteiger partial charge >= 0.3 is 0 Å². The van der Waals surface area contributed by atoms with Crippen LogP contribution in [-0.2, 0) is 0 Å². The number of nitrogens with zero attached hydrogens (tertiary/aromatic N) is 1. The van der Waals surface area contributed by atoms with Crippen molar-refractivity contribution in [1.82, 2.24) is 0 Å². The van der Waals surface area contributed by atoms with Crippen LogP contribution in [0.4, 0.5) is 5.69 Å². The third-order valence-electron chi connectivity index (χ3n) is 3.91. The molecular formula is C21H27NS. The quantitative estimate of drug-likeness (QED) is 0.461. The van der Waals surface area contributed by atoms with Crippen molar-refractivity contribution >= 4 is 23.7 Å². The number of hydrogen-bond donors (Lipinski definition) is 0. The third kappa shape index (κ3) is 4.48. The fraction of sp³-hybridized carbons (Fsp3) is 0.381. The second-order valence-corrected chi connectivity index (χ2v) is 8.60. The summed E-state index contributed by atoms with van der Waals surface area (Å²) >= 11 is 1.89. The fourth-order valence-electron chi connectivity index (χ4n) is 2.85. The van der Waals surface area contributed by atoms with Crippen LogP contribution < -0.4 is 0 Å². The Labute approximate surface area is 145 Å². The lowest BCUT2D eigenvalue weighted by atomic mass is 10.1. The highest BCUT2D eigenvalue weighted by atomic mass is 32.2. The van der Waals surface area contributed by atoms with E-state index in [-0.39, 0.29) is 4.75 Å². The van der Waals surface area contributed by atoms with Gasteiger partial charge in [-0.2, -0.15) is 0 Å². The molecular weight excluding hydrogens is 298 g/mol. The smallest absolute Gasteiger partial charge is 0.0684 e. The number of para-hydroxylation sites is 1. The van der Waals surface area contributed by atoms with Crippen LogP contribution in [0.25, 0.3) is 0 Å². The zero-order chi connectivity index (χ0) is 17.2. The van der Waals surface area contributed by atoms with E-state index in [1.807, 2.05) is 11.8 Å². The van der Waals surface area contributed by atoms with Crippen molar-refractivity contribution in [1.29, 1.82) is 0 Å². The number of hydrogen-bond acceptors (Lipinski definition) is 2. The average Bonchev–Trinajstić information content (AvgIpc) is 2.42. The average molecular weight is 326 g/mol. The first-order chi connectivity index (χ1) is 10.7. The van der Waals surface area contributed by atoms with Gasteiger partial charge in [0.05, 0.1) is 10.4 Å². The van der Waals surface area contributed by atoms with Crippen molar-refractivity contribution in [2.45, 2.75) is 58.1 Å². The van der Waals surface area contributed by atoms with Crippen molar-refractivity contribution in [3.05, 3.63) is 58.1 Å². The molecule has 1 nitrogen and oxygen atoms in total. The minimum Gasteiger partial charge on any atom is -0.259 e. The first-order valence-electron chi connectivity index (χ1n) is 8.08. The van der Waals surface area contributed by atoms with Crippen molar-refractivity contribution in [2.24, 2.45) is 4.99 Å². The number of rotatable bonds is 4. The monoisotopic (exact) mass is 325 g/mol. The summed E-state index contributed by atoms with van der Waals surface area (Å²) in [5, 5.41) is 0. The molecule has 2 aromatic carbocycles. The molecule has 0 amide bonds. The number of thioether (sulfide) groups is 1. The van der Waals surface area contributed by atoms with E-state index < -0.39 is 0 Å². The maximum Gasteiger partial charge on any atom is 0.0684 e. The molecule has 0 unspecified atom stereocenters. The number of aliphatic imine (C=N–C) groups is 1. The van der Waals surface area contributed by atoms with E-state index in [2.05, 4.69) is 85.0 Å². The molecule has 23 heavy (non-hydrogen) atoms. The Balaban J connectivity index is 2.28. The second-order valence-electron chi connectivity index (χ2n) is 6.93. The molecule has 0 heterocycles. The zero-order valence-corrected chi connectivity index (χ0v) is 16.1. The summed E-state index contributed by atoms with van der Waals surface area (Å²) < 4.78 is -0.0561. The van der Waals surface area contributed by atoms with Gasteiger partial charge in [-0.3, -0.25) is 4.99 Å². The zero-order valence-electron chi connectivity index (χ0n) is 15.3. The molecule has 122 valence electrons. The van der Waals surface area contributed by atoms with Gasteiger partial charge in [0, 0.05) is 11.1 Å². The SMILES string of the molecule is Cc1cc(C)c(SC(C)(C)C=Nc2c(C)cccc2C)c(C)c1. The van der Waals surface area contributed by atoms with Crippen molar-refractivity contribution < 1.29 is 0 Å². The normalized spacial score (nSPS) is 12.1. The summed E-state index contributed by atoms with van der Waals surface area (Å²) in [6.45, 7) is 15.2. The van der Waals surface area contributed by atoms with Gasteiger partial charge in [0.2, 0.25) is 0 Å². The molecule has 0 atom stereocenters. The van der Waals surface area contributed by atoms with Crippen LogP contribution in [0.1, 0.15) is 41.7 Å². The molecule has 0 aliphatic heterocycles. The Bertz CT molecular complexity index is 698. The first kappa shape index (κ1) is 17.8. The van der Waals surface area contributed by atoms with Crippen LogP contribution >= 0.6 is 11.8 Å². The lowest BCUT2D eigenvalue weighted by molar-refractivity contribution is 0.965. The maximum atomic E-state index is 4.80. The highest BCUT2D eigenvalue weighted by molar-refractivity contribution is 8.01. The van der Waals surface area contributed by atoms with E-state index in [0.29, 0.717) is 0 Å². The molecule has 0 fully saturated rings. The lowest BCUT2D eigenvalue weighted by Gasteiger charge is -2.22. The van der Waals surface area contributed by atoms with E-state index in [4.69, 9.17) is 4.99 Å². The van der Waals surface area contributed by atoms with Crippen LogP contribution in [0.15, 0.2) is 40.2 Å². The first-order valence-corrected chi connectivity index (χ1v) is 8.89. The van der Waals surface area contributed by atoms with Crippen LogP contribution in [0.2, 0.25) is 0 Å². The predicted molar refractivity (Wildman–Crippen MR) is 105 cm³/mol. The van der Waals surface area contributed by atoms with E-state index in [0.717, 1.165) is 5.69 Å².